The van der Waals surface area contributed by atoms with E-state index < -0.39 is 34.0 Å². The lowest BCUT2D eigenvalue weighted by Crippen LogP contribution is -2.45. The van der Waals surface area contributed by atoms with Gasteiger partial charge in [-0.15, -0.1) is 0 Å². The Morgan fingerprint density at radius 3 is 2.37 bits per heavy atom. The second kappa shape index (κ2) is 14.2. The number of carboxylic acid groups (broad SMARTS) is 1. The second-order valence-corrected chi connectivity index (χ2v) is 13.2. The molecule has 234 valence electrons. The Hall–Kier alpha value is -3.64. The van der Waals surface area contributed by atoms with Gasteiger partial charge >= 0.3 is 5.97 Å². The van der Waals surface area contributed by atoms with Crippen molar-refractivity contribution < 1.29 is 37.4 Å². The number of hydrogen-bond donors (Lipinski definition) is 3. The van der Waals surface area contributed by atoms with Crippen molar-refractivity contribution in [2.75, 3.05) is 26.1 Å². The Bertz CT molecular complexity index is 1440. The average Bonchev–Trinajstić information content (AvgIpc) is 3.50. The van der Waals surface area contributed by atoms with E-state index >= 15 is 0 Å². The maximum absolute atomic E-state index is 13.7. The van der Waals surface area contributed by atoms with Crippen LogP contribution in [0.3, 0.4) is 0 Å². The topological polar surface area (TPSA) is 151 Å². The quantitative estimate of drug-likeness (QED) is 0.325. The van der Waals surface area contributed by atoms with Crippen molar-refractivity contribution in [3.63, 3.8) is 0 Å². The number of nitrogens with one attached hydrogen (secondary N) is 2. The number of aliphatic carboxylic acids is 1. The highest BCUT2D eigenvalue weighted by Gasteiger charge is 2.39. The standard InChI is InChI=1S/C31H41N3O8S/c1-20-11-13-23(43(39,40)34-15-7-10-26(34)31(37)38)19-24(20)33-30(36)25(16-21-8-5-4-6-9-21)32-29(35)18-22-12-14-27(41-2)28(17-22)42-3/h11-14,17,19,21,25-26H,4-10,15-16,18H2,1-3H3,(H,32,35)(H,33,36)(H,37,38)/t25-,26+/m1/s1. The Balaban J connectivity index is 1.53. The van der Waals surface area contributed by atoms with E-state index in [1.807, 2.05) is 0 Å². The summed E-state index contributed by atoms with van der Waals surface area (Å²) in [6, 6.07) is 7.63. The van der Waals surface area contributed by atoms with Crippen LogP contribution in [0, 0.1) is 12.8 Å². The maximum Gasteiger partial charge on any atom is 0.322 e. The van der Waals surface area contributed by atoms with E-state index in [4.69, 9.17) is 9.47 Å². The predicted octanol–water partition coefficient (Wildman–Crippen LogP) is 3.89. The van der Waals surface area contributed by atoms with Crippen molar-refractivity contribution in [2.24, 2.45) is 5.92 Å². The molecular weight excluding hydrogens is 574 g/mol. The molecule has 43 heavy (non-hydrogen) atoms. The van der Waals surface area contributed by atoms with Gasteiger partial charge in [-0.05, 0) is 67.5 Å². The summed E-state index contributed by atoms with van der Waals surface area (Å²) < 4.78 is 38.4. The average molecular weight is 616 g/mol. The van der Waals surface area contributed by atoms with Crippen molar-refractivity contribution >= 4 is 33.5 Å². The second-order valence-electron chi connectivity index (χ2n) is 11.3. The maximum atomic E-state index is 13.7. The molecule has 1 heterocycles. The van der Waals surface area contributed by atoms with Crippen LogP contribution in [-0.2, 0) is 30.8 Å². The van der Waals surface area contributed by atoms with Gasteiger partial charge in [0.15, 0.2) is 11.5 Å². The molecule has 11 nitrogen and oxygen atoms in total. The lowest BCUT2D eigenvalue weighted by molar-refractivity contribution is -0.140. The summed E-state index contributed by atoms with van der Waals surface area (Å²) in [5.74, 6) is -0.626. The number of carboxylic acids is 1. The zero-order chi connectivity index (χ0) is 31.1. The molecule has 3 N–H and O–H groups in total. The first-order chi connectivity index (χ1) is 20.5. The highest BCUT2D eigenvalue weighted by Crippen LogP contribution is 2.31. The SMILES string of the molecule is COc1ccc(CC(=O)N[C@H](CC2CCCCC2)C(=O)Nc2cc(S(=O)(=O)N3CCC[C@H]3C(=O)O)ccc2C)cc1OC. The normalized spacial score (nSPS) is 18.5. The van der Waals surface area contributed by atoms with Crippen LogP contribution >= 0.6 is 0 Å². The van der Waals surface area contributed by atoms with Crippen LogP contribution in [-0.4, -0.2) is 68.5 Å². The smallest absolute Gasteiger partial charge is 0.322 e. The first-order valence-electron chi connectivity index (χ1n) is 14.7. The van der Waals surface area contributed by atoms with Crippen LogP contribution in [0.5, 0.6) is 11.5 Å². The number of methoxy groups -OCH3 is 2. The van der Waals surface area contributed by atoms with E-state index in [0.717, 1.165) is 36.4 Å². The van der Waals surface area contributed by atoms with E-state index in [9.17, 15) is 27.9 Å². The van der Waals surface area contributed by atoms with Gasteiger partial charge in [0, 0.05) is 12.2 Å². The fraction of sp³-hybridized carbons (Fsp3) is 0.516. The summed E-state index contributed by atoms with van der Waals surface area (Å²) in [6.45, 7) is 1.86. The molecule has 1 saturated heterocycles. The van der Waals surface area contributed by atoms with Gasteiger partial charge in [-0.2, -0.15) is 4.31 Å². The lowest BCUT2D eigenvalue weighted by atomic mass is 9.84. The number of sulfonamides is 1. The number of anilines is 1. The molecule has 12 heteroatoms. The summed E-state index contributed by atoms with van der Waals surface area (Å²) >= 11 is 0. The summed E-state index contributed by atoms with van der Waals surface area (Å²) in [4.78, 5) is 38.4. The Morgan fingerprint density at radius 1 is 0.977 bits per heavy atom. The molecule has 1 aliphatic heterocycles. The molecule has 2 aliphatic rings. The molecule has 2 aromatic rings. The van der Waals surface area contributed by atoms with Crippen LogP contribution in [0.15, 0.2) is 41.3 Å². The van der Waals surface area contributed by atoms with Gasteiger partial charge in [0.05, 0.1) is 25.5 Å². The molecule has 2 aromatic carbocycles. The highest BCUT2D eigenvalue weighted by molar-refractivity contribution is 7.89. The number of rotatable bonds is 12. The fourth-order valence-electron chi connectivity index (χ4n) is 5.94. The van der Waals surface area contributed by atoms with Gasteiger partial charge in [0.1, 0.15) is 12.1 Å². The third-order valence-corrected chi connectivity index (χ3v) is 10.2. The number of carbonyl (C=O) groups excluding carboxylic acids is 2. The predicted molar refractivity (Wildman–Crippen MR) is 161 cm³/mol. The first-order valence-corrected chi connectivity index (χ1v) is 16.1. The highest BCUT2D eigenvalue weighted by atomic mass is 32.2. The molecule has 1 aliphatic carbocycles. The summed E-state index contributed by atoms with van der Waals surface area (Å²) in [5.41, 5.74) is 1.62. The Morgan fingerprint density at radius 2 is 1.70 bits per heavy atom. The van der Waals surface area contributed by atoms with Gasteiger partial charge in [-0.25, -0.2) is 8.42 Å². The minimum Gasteiger partial charge on any atom is -0.493 e. The number of benzene rings is 2. The van der Waals surface area contributed by atoms with E-state index in [0.29, 0.717) is 41.2 Å². The molecule has 0 spiro atoms. The largest absolute Gasteiger partial charge is 0.493 e. The van der Waals surface area contributed by atoms with Crippen LogP contribution in [0.1, 0.15) is 62.5 Å². The minimum absolute atomic E-state index is 0.0299. The number of ether oxygens (including phenoxy) is 2. The molecule has 0 radical (unpaired) electrons. The van der Waals surface area contributed by atoms with Gasteiger partial charge < -0.3 is 25.2 Å². The van der Waals surface area contributed by atoms with Crippen molar-refractivity contribution in [1.82, 2.24) is 9.62 Å². The number of hydrogen-bond acceptors (Lipinski definition) is 7. The monoisotopic (exact) mass is 615 g/mol. The van der Waals surface area contributed by atoms with Crippen LogP contribution in [0.4, 0.5) is 5.69 Å². The third kappa shape index (κ3) is 7.85. The molecule has 2 atom stereocenters. The van der Waals surface area contributed by atoms with E-state index in [1.54, 1.807) is 31.2 Å². The van der Waals surface area contributed by atoms with E-state index in [2.05, 4.69) is 10.6 Å². The number of aryl methyl sites for hydroxylation is 1. The van der Waals surface area contributed by atoms with Gasteiger partial charge in [0.2, 0.25) is 21.8 Å². The van der Waals surface area contributed by atoms with Crippen LogP contribution in [0.25, 0.3) is 0 Å². The first kappa shape index (κ1) is 32.3. The van der Waals surface area contributed by atoms with Crippen molar-refractivity contribution in [3.8, 4) is 11.5 Å². The Labute approximate surface area is 253 Å². The number of amides is 2. The molecule has 0 unspecified atom stereocenters. The third-order valence-electron chi connectivity index (χ3n) is 8.32. The summed E-state index contributed by atoms with van der Waals surface area (Å²) in [7, 11) is -1.05. The van der Waals surface area contributed by atoms with Gasteiger partial charge in [0.25, 0.3) is 0 Å². The van der Waals surface area contributed by atoms with E-state index in [-0.39, 0.29) is 36.1 Å². The van der Waals surface area contributed by atoms with Crippen molar-refractivity contribution in [3.05, 3.63) is 47.5 Å². The zero-order valence-electron chi connectivity index (χ0n) is 24.9. The van der Waals surface area contributed by atoms with Crippen molar-refractivity contribution in [2.45, 2.75) is 81.7 Å². The molecule has 2 fully saturated rings. The molecular formula is C31H41N3O8S. The number of nitrogens with zero attached hydrogens (tertiary/aromatic N) is 1. The molecule has 0 bridgehead atoms. The summed E-state index contributed by atoms with van der Waals surface area (Å²) in [6.07, 6.45) is 6.45. The van der Waals surface area contributed by atoms with Crippen molar-refractivity contribution in [1.29, 1.82) is 0 Å². The number of carbonyl (C=O) groups is 3. The Kier molecular flexibility index (Phi) is 10.7. The fourth-order valence-corrected chi connectivity index (χ4v) is 7.61. The molecule has 4 rings (SSSR count). The lowest BCUT2D eigenvalue weighted by Gasteiger charge is -2.27. The van der Waals surface area contributed by atoms with Crippen LogP contribution in [0.2, 0.25) is 0 Å². The zero-order valence-corrected chi connectivity index (χ0v) is 25.7. The minimum atomic E-state index is -4.10. The van der Waals surface area contributed by atoms with Gasteiger partial charge in [-0.1, -0.05) is 44.2 Å². The molecule has 2 amide bonds. The molecule has 0 aromatic heterocycles. The summed E-state index contributed by atoms with van der Waals surface area (Å²) in [5, 5.41) is 15.3. The van der Waals surface area contributed by atoms with Gasteiger partial charge in [-0.3, -0.25) is 14.4 Å². The molecule has 1 saturated carbocycles. The van der Waals surface area contributed by atoms with E-state index in [1.165, 1.54) is 26.4 Å². The van der Waals surface area contributed by atoms with Crippen LogP contribution < -0.4 is 20.1 Å².